The van der Waals surface area contributed by atoms with Crippen molar-refractivity contribution >= 4 is 0 Å². The fraction of sp³-hybridized carbons (Fsp3) is 0.118. The zero-order chi connectivity index (χ0) is 14.8. The second kappa shape index (κ2) is 5.32. The summed E-state index contributed by atoms with van der Waals surface area (Å²) in [7, 11) is 1.62. The Hall–Kier alpha value is -2.75. The van der Waals surface area contributed by atoms with E-state index in [9.17, 15) is 4.79 Å². The third-order valence-electron chi connectivity index (χ3n) is 3.47. The maximum Gasteiger partial charge on any atom is 0.271 e. The van der Waals surface area contributed by atoms with Crippen LogP contribution in [0.1, 0.15) is 5.56 Å². The molecule has 0 unspecified atom stereocenters. The quantitative estimate of drug-likeness (QED) is 0.801. The van der Waals surface area contributed by atoms with Crippen LogP contribution in [-0.4, -0.2) is 16.9 Å². The van der Waals surface area contributed by atoms with E-state index < -0.39 is 0 Å². The SMILES string of the molecule is COc1ccccc1-c1cc(=O)n(-c2ccccc2C)[nH]1. The Morgan fingerprint density at radius 1 is 1.05 bits per heavy atom. The molecular formula is C17H16N2O2. The average Bonchev–Trinajstić information content (AvgIpc) is 2.89. The van der Waals surface area contributed by atoms with E-state index in [1.807, 2.05) is 55.5 Å². The topological polar surface area (TPSA) is 47.0 Å². The maximum atomic E-state index is 12.3. The van der Waals surface area contributed by atoms with Crippen molar-refractivity contribution in [3.05, 3.63) is 70.5 Å². The molecule has 4 nitrogen and oxygen atoms in total. The largest absolute Gasteiger partial charge is 0.496 e. The van der Waals surface area contributed by atoms with Gasteiger partial charge >= 0.3 is 0 Å². The van der Waals surface area contributed by atoms with Crippen LogP contribution in [0.3, 0.4) is 0 Å². The summed E-state index contributed by atoms with van der Waals surface area (Å²) in [6.45, 7) is 1.98. The van der Waals surface area contributed by atoms with E-state index in [1.165, 1.54) is 0 Å². The number of nitrogens with zero attached hydrogens (tertiary/aromatic N) is 1. The molecule has 0 aliphatic rings. The van der Waals surface area contributed by atoms with Gasteiger partial charge in [0.15, 0.2) is 0 Å². The van der Waals surface area contributed by atoms with Crippen molar-refractivity contribution in [2.75, 3.05) is 7.11 Å². The third-order valence-corrected chi connectivity index (χ3v) is 3.47. The second-order valence-corrected chi connectivity index (χ2v) is 4.83. The Morgan fingerprint density at radius 3 is 2.52 bits per heavy atom. The molecule has 1 heterocycles. The molecule has 1 aromatic heterocycles. The van der Waals surface area contributed by atoms with Gasteiger partial charge in [0.25, 0.3) is 5.56 Å². The Morgan fingerprint density at radius 2 is 1.76 bits per heavy atom. The normalized spacial score (nSPS) is 10.6. The molecule has 3 rings (SSSR count). The fourth-order valence-corrected chi connectivity index (χ4v) is 2.39. The number of aryl methyl sites for hydroxylation is 1. The number of methoxy groups -OCH3 is 1. The number of rotatable bonds is 3. The van der Waals surface area contributed by atoms with Gasteiger partial charge in [0.2, 0.25) is 0 Å². The number of H-pyrrole nitrogens is 1. The number of aromatic nitrogens is 2. The van der Waals surface area contributed by atoms with E-state index in [0.717, 1.165) is 28.3 Å². The molecule has 3 aromatic rings. The molecular weight excluding hydrogens is 264 g/mol. The Labute approximate surface area is 122 Å². The first-order valence-corrected chi connectivity index (χ1v) is 6.72. The summed E-state index contributed by atoms with van der Waals surface area (Å²) in [4.78, 5) is 12.3. The fourth-order valence-electron chi connectivity index (χ4n) is 2.39. The van der Waals surface area contributed by atoms with Gasteiger partial charge in [-0.3, -0.25) is 9.89 Å². The summed E-state index contributed by atoms with van der Waals surface area (Å²) in [5.74, 6) is 0.732. The third kappa shape index (κ3) is 2.36. The summed E-state index contributed by atoms with van der Waals surface area (Å²) in [5.41, 5.74) is 3.40. The molecule has 2 aromatic carbocycles. The van der Waals surface area contributed by atoms with E-state index in [-0.39, 0.29) is 5.56 Å². The first-order chi connectivity index (χ1) is 10.2. The lowest BCUT2D eigenvalue weighted by molar-refractivity contribution is 0.416. The monoisotopic (exact) mass is 280 g/mol. The molecule has 21 heavy (non-hydrogen) atoms. The zero-order valence-corrected chi connectivity index (χ0v) is 12.0. The highest BCUT2D eigenvalue weighted by atomic mass is 16.5. The van der Waals surface area contributed by atoms with E-state index in [0.29, 0.717) is 0 Å². The first-order valence-electron chi connectivity index (χ1n) is 6.72. The van der Waals surface area contributed by atoms with Gasteiger partial charge in [-0.2, -0.15) is 0 Å². The minimum atomic E-state index is -0.0924. The molecule has 106 valence electrons. The molecule has 0 fully saturated rings. The highest BCUT2D eigenvalue weighted by Crippen LogP contribution is 2.27. The Kier molecular flexibility index (Phi) is 3.36. The van der Waals surface area contributed by atoms with Crippen molar-refractivity contribution in [1.82, 2.24) is 9.78 Å². The maximum absolute atomic E-state index is 12.3. The molecule has 0 saturated heterocycles. The molecule has 0 bridgehead atoms. The van der Waals surface area contributed by atoms with E-state index in [4.69, 9.17) is 4.74 Å². The smallest absolute Gasteiger partial charge is 0.271 e. The highest BCUT2D eigenvalue weighted by Gasteiger charge is 2.11. The number of hydrogen-bond acceptors (Lipinski definition) is 2. The van der Waals surface area contributed by atoms with Gasteiger partial charge in [0.05, 0.1) is 18.5 Å². The summed E-state index contributed by atoms with van der Waals surface area (Å²) < 4.78 is 6.90. The van der Waals surface area contributed by atoms with Crippen LogP contribution >= 0.6 is 0 Å². The van der Waals surface area contributed by atoms with Gasteiger partial charge in [0, 0.05) is 11.6 Å². The van der Waals surface area contributed by atoms with E-state index in [2.05, 4.69) is 5.10 Å². The summed E-state index contributed by atoms with van der Waals surface area (Å²) in [5, 5.41) is 3.15. The van der Waals surface area contributed by atoms with Crippen molar-refractivity contribution in [2.24, 2.45) is 0 Å². The van der Waals surface area contributed by atoms with Crippen LogP contribution in [0.5, 0.6) is 5.75 Å². The van der Waals surface area contributed by atoms with Crippen molar-refractivity contribution in [2.45, 2.75) is 6.92 Å². The Balaban J connectivity index is 2.15. The first kappa shape index (κ1) is 13.2. The number of ether oxygens (including phenoxy) is 1. The van der Waals surface area contributed by atoms with Gasteiger partial charge in [-0.1, -0.05) is 30.3 Å². The van der Waals surface area contributed by atoms with Crippen LogP contribution in [0, 0.1) is 6.92 Å². The molecule has 0 radical (unpaired) electrons. The number of hydrogen-bond donors (Lipinski definition) is 1. The Bertz CT molecular complexity index is 831. The number of nitrogens with one attached hydrogen (secondary N) is 1. The highest BCUT2D eigenvalue weighted by molar-refractivity contribution is 5.67. The summed E-state index contributed by atoms with van der Waals surface area (Å²) >= 11 is 0. The zero-order valence-electron chi connectivity index (χ0n) is 12.0. The second-order valence-electron chi connectivity index (χ2n) is 4.83. The lowest BCUT2D eigenvalue weighted by atomic mass is 10.1. The van der Waals surface area contributed by atoms with Crippen LogP contribution < -0.4 is 10.3 Å². The molecule has 0 atom stereocenters. The van der Waals surface area contributed by atoms with Gasteiger partial charge in [-0.25, -0.2) is 4.68 Å². The number of aromatic amines is 1. The van der Waals surface area contributed by atoms with Crippen LogP contribution in [0.4, 0.5) is 0 Å². The standard InChI is InChI=1S/C17H16N2O2/c1-12-7-3-5-9-15(12)19-17(20)11-14(18-19)13-8-4-6-10-16(13)21-2/h3-11,18H,1-2H3. The van der Waals surface area contributed by atoms with Gasteiger partial charge < -0.3 is 4.74 Å². The molecule has 0 amide bonds. The number of benzene rings is 2. The van der Waals surface area contributed by atoms with Crippen LogP contribution in [0.25, 0.3) is 16.9 Å². The van der Waals surface area contributed by atoms with Crippen molar-refractivity contribution in [3.8, 4) is 22.7 Å². The lowest BCUT2D eigenvalue weighted by Gasteiger charge is -2.07. The van der Waals surface area contributed by atoms with Crippen LogP contribution in [-0.2, 0) is 0 Å². The predicted molar refractivity (Wildman–Crippen MR) is 83.1 cm³/mol. The van der Waals surface area contributed by atoms with Crippen LogP contribution in [0.15, 0.2) is 59.4 Å². The van der Waals surface area contributed by atoms with Crippen molar-refractivity contribution in [3.63, 3.8) is 0 Å². The number of para-hydroxylation sites is 2. The van der Waals surface area contributed by atoms with Crippen LogP contribution in [0.2, 0.25) is 0 Å². The molecule has 0 aliphatic carbocycles. The lowest BCUT2D eigenvalue weighted by Crippen LogP contribution is -2.14. The van der Waals surface area contributed by atoms with E-state index in [1.54, 1.807) is 17.9 Å². The predicted octanol–water partition coefficient (Wildman–Crippen LogP) is 3.15. The van der Waals surface area contributed by atoms with E-state index >= 15 is 0 Å². The van der Waals surface area contributed by atoms with Gasteiger partial charge in [-0.05, 0) is 30.7 Å². The molecule has 4 heteroatoms. The summed E-state index contributed by atoms with van der Waals surface area (Å²) in [6, 6.07) is 17.0. The average molecular weight is 280 g/mol. The molecule has 0 spiro atoms. The molecule has 0 aliphatic heterocycles. The van der Waals surface area contributed by atoms with Crippen molar-refractivity contribution in [1.29, 1.82) is 0 Å². The van der Waals surface area contributed by atoms with Gasteiger partial charge in [-0.15, -0.1) is 0 Å². The molecule has 0 saturated carbocycles. The molecule has 1 N–H and O–H groups in total. The summed E-state index contributed by atoms with van der Waals surface area (Å²) in [6.07, 6.45) is 0. The van der Waals surface area contributed by atoms with Crippen molar-refractivity contribution < 1.29 is 4.74 Å². The minimum Gasteiger partial charge on any atom is -0.496 e. The minimum absolute atomic E-state index is 0.0924. The van der Waals surface area contributed by atoms with Gasteiger partial charge in [0.1, 0.15) is 5.75 Å².